The van der Waals surface area contributed by atoms with Crippen LogP contribution >= 0.6 is 0 Å². The molecule has 6 heteroatoms. The molecule has 0 aromatic rings. The number of amides is 1. The number of rotatable bonds is 2. The summed E-state index contributed by atoms with van der Waals surface area (Å²) in [6, 6.07) is 0. The number of hydrogen-bond acceptors (Lipinski definition) is 4. The molecule has 2 aliphatic heterocycles. The third-order valence-corrected chi connectivity index (χ3v) is 3.80. The standard InChI is InChI=1S/C16H23FN2O3/c1-15(2,3)22-14(21)19-9-5-12(6-10-19)13(20)16(17)7-4-8-18-11-16/h4,7-8,12H,5-6,9-11H2,1-3H3. The highest BCUT2D eigenvalue weighted by atomic mass is 19.1. The molecule has 0 aliphatic carbocycles. The number of halogens is 1. The number of carbonyl (C=O) groups is 2. The van der Waals surface area contributed by atoms with E-state index in [4.69, 9.17) is 4.74 Å². The van der Waals surface area contributed by atoms with Crippen LogP contribution in [0.1, 0.15) is 33.6 Å². The first-order valence-corrected chi connectivity index (χ1v) is 7.60. The fraction of sp³-hybridized carbons (Fsp3) is 0.688. The minimum atomic E-state index is -1.99. The summed E-state index contributed by atoms with van der Waals surface area (Å²) in [5.41, 5.74) is -2.54. The van der Waals surface area contributed by atoms with E-state index in [0.29, 0.717) is 25.9 Å². The van der Waals surface area contributed by atoms with Crippen LogP contribution in [0.25, 0.3) is 0 Å². The van der Waals surface area contributed by atoms with Crippen LogP contribution in [0.3, 0.4) is 0 Å². The van der Waals surface area contributed by atoms with Crippen molar-refractivity contribution in [2.45, 2.75) is 44.9 Å². The normalized spacial score (nSPS) is 26.1. The Hall–Kier alpha value is -1.72. The van der Waals surface area contributed by atoms with Gasteiger partial charge in [0.05, 0.1) is 6.54 Å². The minimum Gasteiger partial charge on any atom is -0.444 e. The van der Waals surface area contributed by atoms with Crippen molar-refractivity contribution in [3.63, 3.8) is 0 Å². The molecule has 122 valence electrons. The zero-order valence-corrected chi connectivity index (χ0v) is 13.3. The maximum absolute atomic E-state index is 14.6. The van der Waals surface area contributed by atoms with Crippen LogP contribution in [0.4, 0.5) is 9.18 Å². The Balaban J connectivity index is 1.89. The molecule has 0 N–H and O–H groups in total. The lowest BCUT2D eigenvalue weighted by molar-refractivity contribution is -0.132. The lowest BCUT2D eigenvalue weighted by Gasteiger charge is -2.34. The Morgan fingerprint density at radius 3 is 2.45 bits per heavy atom. The monoisotopic (exact) mass is 310 g/mol. The summed E-state index contributed by atoms with van der Waals surface area (Å²) in [5.74, 6) is -0.800. The summed E-state index contributed by atoms with van der Waals surface area (Å²) in [4.78, 5) is 29.7. The second-order valence-corrected chi connectivity index (χ2v) is 6.82. The van der Waals surface area contributed by atoms with Crippen molar-refractivity contribution >= 4 is 18.1 Å². The highest BCUT2D eigenvalue weighted by molar-refractivity contribution is 5.93. The topological polar surface area (TPSA) is 59.0 Å². The first-order valence-electron chi connectivity index (χ1n) is 7.60. The summed E-state index contributed by atoms with van der Waals surface area (Å²) in [6.07, 6.45) is 4.79. The molecule has 0 spiro atoms. The Morgan fingerprint density at radius 1 is 1.32 bits per heavy atom. The Bertz CT molecular complexity index is 502. The second-order valence-electron chi connectivity index (χ2n) is 6.82. The molecule has 2 heterocycles. The van der Waals surface area contributed by atoms with Crippen molar-refractivity contribution in [1.29, 1.82) is 0 Å². The summed E-state index contributed by atoms with van der Waals surface area (Å²) in [7, 11) is 0. The highest BCUT2D eigenvalue weighted by Crippen LogP contribution is 2.28. The summed E-state index contributed by atoms with van der Waals surface area (Å²) < 4.78 is 19.9. The van der Waals surface area contributed by atoms with E-state index in [-0.39, 0.29) is 18.6 Å². The van der Waals surface area contributed by atoms with Crippen LogP contribution in [0.5, 0.6) is 0 Å². The number of aliphatic imine (C=N–C) groups is 1. The van der Waals surface area contributed by atoms with Crippen molar-refractivity contribution in [2.24, 2.45) is 10.9 Å². The molecule has 1 atom stereocenters. The molecule has 1 saturated heterocycles. The molecule has 0 saturated carbocycles. The van der Waals surface area contributed by atoms with Crippen molar-refractivity contribution in [3.05, 3.63) is 12.2 Å². The van der Waals surface area contributed by atoms with E-state index in [9.17, 15) is 14.0 Å². The van der Waals surface area contributed by atoms with E-state index in [1.165, 1.54) is 18.4 Å². The molecule has 5 nitrogen and oxygen atoms in total. The van der Waals surface area contributed by atoms with Gasteiger partial charge in [-0.2, -0.15) is 0 Å². The van der Waals surface area contributed by atoms with E-state index in [1.807, 2.05) is 20.8 Å². The fourth-order valence-corrected chi connectivity index (χ4v) is 2.64. The molecule has 0 aromatic carbocycles. The largest absolute Gasteiger partial charge is 0.444 e. The molecular formula is C16H23FN2O3. The number of alkyl halides is 1. The molecule has 1 fully saturated rings. The van der Waals surface area contributed by atoms with Crippen LogP contribution in [0.15, 0.2) is 17.1 Å². The average Bonchev–Trinajstić information content (AvgIpc) is 2.45. The predicted molar refractivity (Wildman–Crippen MR) is 81.9 cm³/mol. The van der Waals surface area contributed by atoms with Gasteiger partial charge in [0, 0.05) is 25.2 Å². The Morgan fingerprint density at radius 2 is 1.95 bits per heavy atom. The third-order valence-electron chi connectivity index (χ3n) is 3.80. The number of likely N-dealkylation sites (tertiary alicyclic amines) is 1. The Kier molecular flexibility index (Phi) is 4.68. The van der Waals surface area contributed by atoms with Gasteiger partial charge in [0.25, 0.3) is 0 Å². The number of Topliss-reactive ketones (excluding diaryl/α,β-unsaturated/α-hetero) is 1. The number of dihydropyridines is 1. The molecule has 2 rings (SSSR count). The maximum atomic E-state index is 14.6. The van der Waals surface area contributed by atoms with Gasteiger partial charge in [0.2, 0.25) is 5.67 Å². The number of carbonyl (C=O) groups excluding carboxylic acids is 2. The number of ketones is 1. The SMILES string of the molecule is CC(C)(C)OC(=O)N1CCC(C(=O)C2(F)C=CC=NC2)CC1. The van der Waals surface area contributed by atoms with Crippen molar-refractivity contribution in [3.8, 4) is 0 Å². The molecule has 1 unspecified atom stereocenters. The van der Waals surface area contributed by atoms with E-state index < -0.39 is 17.1 Å². The van der Waals surface area contributed by atoms with Crippen LogP contribution in [-0.2, 0) is 9.53 Å². The molecule has 1 amide bonds. The number of nitrogens with zero attached hydrogens (tertiary/aromatic N) is 2. The second kappa shape index (κ2) is 6.18. The van der Waals surface area contributed by atoms with Gasteiger partial charge in [0.15, 0.2) is 5.78 Å². The molecule has 2 aliphatic rings. The fourth-order valence-electron chi connectivity index (χ4n) is 2.64. The van der Waals surface area contributed by atoms with Crippen molar-refractivity contribution in [2.75, 3.05) is 19.6 Å². The first kappa shape index (κ1) is 16.6. The lowest BCUT2D eigenvalue weighted by atomic mass is 9.83. The zero-order valence-electron chi connectivity index (χ0n) is 13.3. The number of allylic oxidation sites excluding steroid dienone is 1. The van der Waals surface area contributed by atoms with E-state index >= 15 is 0 Å². The zero-order chi connectivity index (χ0) is 16.4. The number of ether oxygens (including phenoxy) is 1. The smallest absolute Gasteiger partial charge is 0.410 e. The van der Waals surface area contributed by atoms with Gasteiger partial charge < -0.3 is 9.64 Å². The van der Waals surface area contributed by atoms with Crippen molar-refractivity contribution in [1.82, 2.24) is 4.90 Å². The lowest BCUT2D eigenvalue weighted by Crippen LogP contribution is -2.47. The van der Waals surface area contributed by atoms with E-state index in [1.54, 1.807) is 4.90 Å². The minimum absolute atomic E-state index is 0.144. The van der Waals surface area contributed by atoms with Gasteiger partial charge in [-0.05, 0) is 45.8 Å². The van der Waals surface area contributed by atoms with Gasteiger partial charge in [-0.3, -0.25) is 9.79 Å². The van der Waals surface area contributed by atoms with Crippen LogP contribution in [-0.4, -0.2) is 53.9 Å². The van der Waals surface area contributed by atoms with E-state index in [0.717, 1.165) is 0 Å². The third kappa shape index (κ3) is 3.93. The maximum Gasteiger partial charge on any atom is 0.410 e. The van der Waals surface area contributed by atoms with E-state index in [2.05, 4.69) is 4.99 Å². The van der Waals surface area contributed by atoms with Gasteiger partial charge >= 0.3 is 6.09 Å². The Labute approximate surface area is 130 Å². The number of piperidine rings is 1. The molecule has 22 heavy (non-hydrogen) atoms. The molecule has 0 bridgehead atoms. The van der Waals surface area contributed by atoms with Gasteiger partial charge in [-0.15, -0.1) is 0 Å². The van der Waals surface area contributed by atoms with Gasteiger partial charge in [-0.25, -0.2) is 9.18 Å². The average molecular weight is 310 g/mol. The van der Waals surface area contributed by atoms with Gasteiger partial charge in [-0.1, -0.05) is 0 Å². The predicted octanol–water partition coefficient (Wildman–Crippen LogP) is 2.55. The summed E-state index contributed by atoms with van der Waals surface area (Å²) in [6.45, 7) is 6.11. The summed E-state index contributed by atoms with van der Waals surface area (Å²) in [5, 5.41) is 0. The van der Waals surface area contributed by atoms with Crippen LogP contribution in [0, 0.1) is 5.92 Å². The van der Waals surface area contributed by atoms with Crippen LogP contribution < -0.4 is 0 Å². The quantitative estimate of drug-likeness (QED) is 0.787. The summed E-state index contributed by atoms with van der Waals surface area (Å²) >= 11 is 0. The molecular weight excluding hydrogens is 287 g/mol. The number of hydrogen-bond donors (Lipinski definition) is 0. The van der Waals surface area contributed by atoms with Gasteiger partial charge in [0.1, 0.15) is 5.60 Å². The van der Waals surface area contributed by atoms with Crippen LogP contribution in [0.2, 0.25) is 0 Å². The first-order chi connectivity index (χ1) is 10.2. The molecule has 0 radical (unpaired) electrons. The van der Waals surface area contributed by atoms with Crippen molar-refractivity contribution < 1.29 is 18.7 Å². The molecule has 0 aromatic heterocycles. The highest BCUT2D eigenvalue weighted by Gasteiger charge is 2.42.